The van der Waals surface area contributed by atoms with Crippen molar-refractivity contribution in [2.45, 2.75) is 51.7 Å². The fraction of sp³-hybridized carbons (Fsp3) is 0.632. The molecule has 0 N–H and O–H groups in total. The van der Waals surface area contributed by atoms with Gasteiger partial charge in [0.25, 0.3) is 0 Å². The molecule has 1 saturated heterocycles. The third-order valence-electron chi connectivity index (χ3n) is 5.15. The van der Waals surface area contributed by atoms with Gasteiger partial charge in [-0.05, 0) is 56.8 Å². The average Bonchev–Trinajstić information content (AvgIpc) is 2.72. The van der Waals surface area contributed by atoms with Gasteiger partial charge in [0, 0.05) is 13.1 Å². The molecule has 0 bridgehead atoms. The van der Waals surface area contributed by atoms with Crippen LogP contribution in [0.15, 0.2) is 12.1 Å². The molecule has 0 spiro atoms. The molecule has 0 saturated carbocycles. The summed E-state index contributed by atoms with van der Waals surface area (Å²) in [5.74, 6) is -3.29. The number of halogens is 2. The summed E-state index contributed by atoms with van der Waals surface area (Å²) in [6.07, 6.45) is 2.29. The van der Waals surface area contributed by atoms with Gasteiger partial charge in [-0.25, -0.2) is 4.79 Å². The van der Waals surface area contributed by atoms with Crippen LogP contribution in [-0.2, 0) is 17.2 Å². The van der Waals surface area contributed by atoms with Gasteiger partial charge < -0.3 is 9.47 Å². The Labute approximate surface area is 147 Å². The van der Waals surface area contributed by atoms with Crippen LogP contribution in [0.5, 0.6) is 5.75 Å². The summed E-state index contributed by atoms with van der Waals surface area (Å²) in [6.45, 7) is 7.27. The highest BCUT2D eigenvalue weighted by molar-refractivity contribution is 5.93. The SMILES string of the molecule is COC(=O)c1cc(CN2CCC[C@H](C)C2)cc2c1OC(C)(C)C2(F)F. The molecule has 25 heavy (non-hydrogen) atoms. The first-order chi connectivity index (χ1) is 11.7. The number of nitrogens with zero attached hydrogens (tertiary/aromatic N) is 1. The number of carbonyl (C=O) groups excluding carboxylic acids is 1. The third kappa shape index (κ3) is 3.12. The molecule has 2 aliphatic rings. The number of ether oxygens (including phenoxy) is 2. The number of alkyl halides is 2. The maximum Gasteiger partial charge on any atom is 0.341 e. The van der Waals surface area contributed by atoms with Gasteiger partial charge in [-0.3, -0.25) is 4.90 Å². The summed E-state index contributed by atoms with van der Waals surface area (Å²) >= 11 is 0. The zero-order valence-corrected chi connectivity index (χ0v) is 15.2. The van der Waals surface area contributed by atoms with Crippen LogP contribution in [0.4, 0.5) is 8.78 Å². The first-order valence-electron chi connectivity index (χ1n) is 8.70. The van der Waals surface area contributed by atoms with E-state index in [2.05, 4.69) is 11.8 Å². The van der Waals surface area contributed by atoms with Crippen LogP contribution in [-0.4, -0.2) is 36.7 Å². The van der Waals surface area contributed by atoms with Crippen molar-refractivity contribution in [3.8, 4) is 5.75 Å². The number of hydrogen-bond acceptors (Lipinski definition) is 4. The molecule has 1 fully saturated rings. The van der Waals surface area contributed by atoms with Crippen molar-refractivity contribution >= 4 is 5.97 Å². The number of likely N-dealkylation sites (tertiary alicyclic amines) is 1. The lowest BCUT2D eigenvalue weighted by Gasteiger charge is -2.31. The van der Waals surface area contributed by atoms with Crippen LogP contribution in [0.25, 0.3) is 0 Å². The molecule has 0 aromatic heterocycles. The molecular formula is C19H25F2NO3. The Hall–Kier alpha value is -1.69. The molecule has 2 heterocycles. The van der Waals surface area contributed by atoms with Gasteiger partial charge in [-0.15, -0.1) is 0 Å². The number of esters is 1. The minimum atomic E-state index is -3.17. The number of fused-ring (bicyclic) bond motifs is 1. The fourth-order valence-corrected chi connectivity index (χ4v) is 3.72. The van der Waals surface area contributed by atoms with Crippen molar-refractivity contribution in [1.29, 1.82) is 0 Å². The maximum absolute atomic E-state index is 14.8. The number of carbonyl (C=O) groups is 1. The summed E-state index contributed by atoms with van der Waals surface area (Å²) in [5, 5.41) is 0. The van der Waals surface area contributed by atoms with Crippen LogP contribution < -0.4 is 4.74 Å². The summed E-state index contributed by atoms with van der Waals surface area (Å²) in [4.78, 5) is 14.4. The highest BCUT2D eigenvalue weighted by Crippen LogP contribution is 2.53. The molecule has 1 aromatic rings. The Kier molecular flexibility index (Phi) is 4.52. The molecule has 0 unspecified atom stereocenters. The van der Waals surface area contributed by atoms with Crippen LogP contribution in [0.1, 0.15) is 55.1 Å². The van der Waals surface area contributed by atoms with E-state index < -0.39 is 17.5 Å². The van der Waals surface area contributed by atoms with Crippen LogP contribution >= 0.6 is 0 Å². The standard InChI is InChI=1S/C19H25F2NO3/c1-12-6-5-7-22(10-12)11-13-8-14(17(23)24-4)16-15(9-13)19(20,21)18(2,3)25-16/h8-9,12H,5-7,10-11H2,1-4H3/t12-/m0/s1. The zero-order chi connectivity index (χ0) is 18.4. The lowest BCUT2D eigenvalue weighted by atomic mass is 9.93. The molecule has 138 valence electrons. The molecular weight excluding hydrogens is 328 g/mol. The Balaban J connectivity index is 2.00. The zero-order valence-electron chi connectivity index (χ0n) is 15.2. The van der Waals surface area contributed by atoms with Gasteiger partial charge in [0.15, 0.2) is 5.60 Å². The van der Waals surface area contributed by atoms with E-state index in [1.807, 2.05) is 0 Å². The minimum Gasteiger partial charge on any atom is -0.480 e. The van der Waals surface area contributed by atoms with E-state index in [0.717, 1.165) is 19.5 Å². The number of hydrogen-bond donors (Lipinski definition) is 0. The molecule has 6 heteroatoms. The molecule has 4 nitrogen and oxygen atoms in total. The van der Waals surface area contributed by atoms with Gasteiger partial charge in [0.05, 0.1) is 12.7 Å². The van der Waals surface area contributed by atoms with E-state index in [4.69, 9.17) is 9.47 Å². The van der Waals surface area contributed by atoms with E-state index in [1.165, 1.54) is 33.4 Å². The van der Waals surface area contributed by atoms with Gasteiger partial charge in [0.2, 0.25) is 0 Å². The smallest absolute Gasteiger partial charge is 0.341 e. The highest BCUT2D eigenvalue weighted by Gasteiger charge is 2.58. The van der Waals surface area contributed by atoms with Gasteiger partial charge in [0.1, 0.15) is 11.3 Å². The van der Waals surface area contributed by atoms with E-state index in [9.17, 15) is 13.6 Å². The minimum absolute atomic E-state index is 0.0578. The summed E-state index contributed by atoms with van der Waals surface area (Å²) in [6, 6.07) is 3.11. The van der Waals surface area contributed by atoms with Crippen LogP contribution in [0, 0.1) is 5.92 Å². The van der Waals surface area contributed by atoms with Crippen molar-refractivity contribution in [3.05, 3.63) is 28.8 Å². The summed E-state index contributed by atoms with van der Waals surface area (Å²) in [5.41, 5.74) is -1.16. The van der Waals surface area contributed by atoms with Crippen molar-refractivity contribution in [3.63, 3.8) is 0 Å². The number of methoxy groups -OCH3 is 1. The Bertz CT molecular complexity index is 687. The predicted octanol–water partition coefficient (Wildman–Crippen LogP) is 3.97. The quantitative estimate of drug-likeness (QED) is 0.771. The third-order valence-corrected chi connectivity index (χ3v) is 5.15. The second-order valence-electron chi connectivity index (χ2n) is 7.68. The lowest BCUT2D eigenvalue weighted by molar-refractivity contribution is -0.127. The van der Waals surface area contributed by atoms with Crippen LogP contribution in [0.2, 0.25) is 0 Å². The average molecular weight is 353 g/mol. The van der Waals surface area contributed by atoms with Crippen molar-refractivity contribution in [2.24, 2.45) is 5.92 Å². The lowest BCUT2D eigenvalue weighted by Crippen LogP contribution is -2.40. The predicted molar refractivity (Wildman–Crippen MR) is 90.1 cm³/mol. The van der Waals surface area contributed by atoms with Crippen LogP contribution in [0.3, 0.4) is 0 Å². The van der Waals surface area contributed by atoms with E-state index in [1.54, 1.807) is 6.07 Å². The van der Waals surface area contributed by atoms with E-state index in [-0.39, 0.29) is 16.9 Å². The molecule has 3 rings (SSSR count). The van der Waals surface area contributed by atoms with Crippen molar-refractivity contribution in [2.75, 3.05) is 20.2 Å². The molecule has 1 aromatic carbocycles. The Morgan fingerprint density at radius 2 is 2.12 bits per heavy atom. The van der Waals surface area contributed by atoms with Crippen molar-refractivity contribution in [1.82, 2.24) is 4.90 Å². The van der Waals surface area contributed by atoms with E-state index in [0.29, 0.717) is 18.0 Å². The highest BCUT2D eigenvalue weighted by atomic mass is 19.3. The molecule has 1 atom stereocenters. The maximum atomic E-state index is 14.8. The van der Waals surface area contributed by atoms with Gasteiger partial charge >= 0.3 is 11.9 Å². The number of piperidine rings is 1. The second kappa shape index (κ2) is 6.24. The first kappa shape index (κ1) is 18.1. The molecule has 0 amide bonds. The second-order valence-corrected chi connectivity index (χ2v) is 7.68. The number of rotatable bonds is 3. The number of benzene rings is 1. The van der Waals surface area contributed by atoms with E-state index >= 15 is 0 Å². The monoisotopic (exact) mass is 353 g/mol. The van der Waals surface area contributed by atoms with Gasteiger partial charge in [-0.2, -0.15) is 8.78 Å². The Morgan fingerprint density at radius 3 is 2.76 bits per heavy atom. The largest absolute Gasteiger partial charge is 0.480 e. The summed E-state index contributed by atoms with van der Waals surface area (Å²) in [7, 11) is 1.24. The van der Waals surface area contributed by atoms with Gasteiger partial charge in [-0.1, -0.05) is 6.92 Å². The molecule has 0 aliphatic carbocycles. The Morgan fingerprint density at radius 1 is 1.40 bits per heavy atom. The molecule has 0 radical (unpaired) electrons. The normalized spacial score (nSPS) is 24.5. The van der Waals surface area contributed by atoms with Crippen molar-refractivity contribution < 1.29 is 23.0 Å². The summed E-state index contributed by atoms with van der Waals surface area (Å²) < 4.78 is 39.8. The topological polar surface area (TPSA) is 38.8 Å². The molecule has 2 aliphatic heterocycles. The first-order valence-corrected chi connectivity index (χ1v) is 8.70. The fourth-order valence-electron chi connectivity index (χ4n) is 3.72.